The van der Waals surface area contributed by atoms with Crippen molar-refractivity contribution >= 4 is 22.5 Å². The number of hydrogen-bond acceptors (Lipinski definition) is 4. The first-order valence-electron chi connectivity index (χ1n) is 6.21. The third kappa shape index (κ3) is 3.23. The highest BCUT2D eigenvalue weighted by molar-refractivity contribution is 6.13. The maximum Gasteiger partial charge on any atom is 0.325 e. The molecule has 4 nitrogen and oxygen atoms in total. The van der Waals surface area contributed by atoms with Crippen LogP contribution in [0.25, 0.3) is 10.8 Å². The zero-order valence-electron chi connectivity index (χ0n) is 11.1. The minimum absolute atomic E-state index is 0.0375. The van der Waals surface area contributed by atoms with E-state index < -0.39 is 0 Å². The summed E-state index contributed by atoms with van der Waals surface area (Å²) in [6.07, 6.45) is 2.87. The van der Waals surface area contributed by atoms with Gasteiger partial charge in [-0.25, -0.2) is 0 Å². The molecular weight excluding hydrogens is 254 g/mol. The Bertz CT molecular complexity index is 656. The maximum absolute atomic E-state index is 12.1. The third-order valence-electron chi connectivity index (χ3n) is 2.88. The summed E-state index contributed by atoms with van der Waals surface area (Å²) in [7, 11) is 1.31. The predicted octanol–water partition coefficient (Wildman–Crippen LogP) is 2.30. The van der Waals surface area contributed by atoms with Crippen LogP contribution in [-0.2, 0) is 9.53 Å². The molecular formula is C16H15NO3. The molecule has 0 bridgehead atoms. The van der Waals surface area contributed by atoms with Crippen LogP contribution in [0.1, 0.15) is 10.4 Å². The Morgan fingerprint density at radius 1 is 1.15 bits per heavy atom. The normalized spacial score (nSPS) is 10.7. The van der Waals surface area contributed by atoms with E-state index in [2.05, 4.69) is 10.1 Å². The number of carbonyl (C=O) groups excluding carboxylic acids is 2. The van der Waals surface area contributed by atoms with Gasteiger partial charge in [0.1, 0.15) is 6.54 Å². The van der Waals surface area contributed by atoms with Gasteiger partial charge in [0.2, 0.25) is 0 Å². The van der Waals surface area contributed by atoms with Gasteiger partial charge in [-0.15, -0.1) is 0 Å². The number of ether oxygens (including phenoxy) is 1. The number of esters is 1. The molecule has 2 rings (SSSR count). The predicted molar refractivity (Wildman–Crippen MR) is 77.4 cm³/mol. The molecule has 0 unspecified atom stereocenters. The standard InChI is InChI=1S/C16H15NO3/c1-20-16(19)11-17-10-9-15(18)14-8-4-6-12-5-2-3-7-13(12)14/h2-10,17H,11H2,1H3/b10-9-. The Morgan fingerprint density at radius 3 is 2.70 bits per heavy atom. The molecule has 0 aliphatic rings. The molecule has 2 aromatic rings. The summed E-state index contributed by atoms with van der Waals surface area (Å²) in [5.41, 5.74) is 0.638. The van der Waals surface area contributed by atoms with Crippen molar-refractivity contribution in [2.24, 2.45) is 0 Å². The van der Waals surface area contributed by atoms with Crippen molar-refractivity contribution in [1.29, 1.82) is 0 Å². The van der Waals surface area contributed by atoms with Crippen molar-refractivity contribution < 1.29 is 14.3 Å². The minimum atomic E-state index is -0.382. The molecule has 0 saturated carbocycles. The number of hydrogen-bond donors (Lipinski definition) is 1. The average molecular weight is 269 g/mol. The Hall–Kier alpha value is -2.62. The number of carbonyl (C=O) groups is 2. The fraction of sp³-hybridized carbons (Fsp3) is 0.125. The van der Waals surface area contributed by atoms with E-state index in [1.807, 2.05) is 36.4 Å². The van der Waals surface area contributed by atoms with Crippen LogP contribution in [0.4, 0.5) is 0 Å². The summed E-state index contributed by atoms with van der Waals surface area (Å²) in [5.74, 6) is -0.494. The molecule has 2 aromatic carbocycles. The topological polar surface area (TPSA) is 55.4 Å². The largest absolute Gasteiger partial charge is 0.468 e. The lowest BCUT2D eigenvalue weighted by atomic mass is 10.0. The van der Waals surface area contributed by atoms with E-state index in [9.17, 15) is 9.59 Å². The minimum Gasteiger partial charge on any atom is -0.468 e. The van der Waals surface area contributed by atoms with E-state index >= 15 is 0 Å². The van der Waals surface area contributed by atoms with Crippen LogP contribution in [0.15, 0.2) is 54.7 Å². The monoisotopic (exact) mass is 269 g/mol. The van der Waals surface area contributed by atoms with Crippen LogP contribution in [0.2, 0.25) is 0 Å². The summed E-state index contributed by atoms with van der Waals surface area (Å²) in [4.78, 5) is 23.0. The van der Waals surface area contributed by atoms with Crippen LogP contribution in [0.3, 0.4) is 0 Å². The van der Waals surface area contributed by atoms with E-state index in [0.717, 1.165) is 10.8 Å². The molecule has 0 heterocycles. The van der Waals surface area contributed by atoms with Crippen molar-refractivity contribution in [3.05, 3.63) is 60.3 Å². The van der Waals surface area contributed by atoms with Gasteiger partial charge in [0.15, 0.2) is 5.78 Å². The Labute approximate surface area is 117 Å². The fourth-order valence-corrected chi connectivity index (χ4v) is 1.88. The summed E-state index contributed by atoms with van der Waals surface area (Å²) < 4.78 is 4.48. The van der Waals surface area contributed by atoms with Gasteiger partial charge in [-0.1, -0.05) is 42.5 Å². The average Bonchev–Trinajstić information content (AvgIpc) is 2.50. The van der Waals surface area contributed by atoms with Crippen molar-refractivity contribution in [1.82, 2.24) is 5.32 Å². The summed E-state index contributed by atoms with van der Waals surface area (Å²) in [5, 5.41) is 4.65. The zero-order chi connectivity index (χ0) is 14.4. The highest BCUT2D eigenvalue weighted by atomic mass is 16.5. The third-order valence-corrected chi connectivity index (χ3v) is 2.88. The van der Waals surface area contributed by atoms with Crippen molar-refractivity contribution in [2.45, 2.75) is 0 Å². The number of ketones is 1. The number of rotatable bonds is 5. The molecule has 0 radical (unpaired) electrons. The van der Waals surface area contributed by atoms with Crippen molar-refractivity contribution in [3.8, 4) is 0 Å². The second-order valence-electron chi connectivity index (χ2n) is 4.18. The van der Waals surface area contributed by atoms with Gasteiger partial charge in [0.25, 0.3) is 0 Å². The molecule has 0 fully saturated rings. The van der Waals surface area contributed by atoms with E-state index in [1.54, 1.807) is 6.07 Å². The second-order valence-corrected chi connectivity index (χ2v) is 4.18. The molecule has 0 saturated heterocycles. The highest BCUT2D eigenvalue weighted by Gasteiger charge is 2.06. The first kappa shape index (κ1) is 13.8. The van der Waals surface area contributed by atoms with Gasteiger partial charge >= 0.3 is 5.97 Å². The zero-order valence-corrected chi connectivity index (χ0v) is 11.1. The fourth-order valence-electron chi connectivity index (χ4n) is 1.88. The smallest absolute Gasteiger partial charge is 0.325 e. The van der Waals surface area contributed by atoms with Crippen LogP contribution < -0.4 is 5.32 Å². The lowest BCUT2D eigenvalue weighted by Crippen LogP contribution is -2.19. The Balaban J connectivity index is 2.12. The lowest BCUT2D eigenvalue weighted by Gasteiger charge is -2.03. The second kappa shape index (κ2) is 6.52. The number of nitrogens with one attached hydrogen (secondary N) is 1. The molecule has 1 N–H and O–H groups in total. The van der Waals surface area contributed by atoms with Crippen molar-refractivity contribution in [3.63, 3.8) is 0 Å². The quantitative estimate of drug-likeness (QED) is 0.514. The van der Waals surface area contributed by atoms with Gasteiger partial charge in [-0.05, 0) is 10.8 Å². The van der Waals surface area contributed by atoms with Gasteiger partial charge in [-0.2, -0.15) is 0 Å². The van der Waals surface area contributed by atoms with Gasteiger partial charge in [-0.3, -0.25) is 9.59 Å². The van der Waals surface area contributed by atoms with E-state index in [-0.39, 0.29) is 18.3 Å². The first-order valence-corrected chi connectivity index (χ1v) is 6.21. The molecule has 0 atom stereocenters. The molecule has 0 aliphatic heterocycles. The van der Waals surface area contributed by atoms with Crippen LogP contribution in [-0.4, -0.2) is 25.4 Å². The number of methoxy groups -OCH3 is 1. The molecule has 0 aliphatic carbocycles. The van der Waals surface area contributed by atoms with E-state index in [0.29, 0.717) is 5.56 Å². The molecule has 20 heavy (non-hydrogen) atoms. The van der Waals surface area contributed by atoms with E-state index in [4.69, 9.17) is 0 Å². The highest BCUT2D eigenvalue weighted by Crippen LogP contribution is 2.19. The SMILES string of the molecule is COC(=O)CN/C=C\C(=O)c1cccc2ccccc12. The molecule has 102 valence electrons. The maximum atomic E-state index is 12.1. The lowest BCUT2D eigenvalue weighted by molar-refractivity contribution is -0.139. The molecule has 0 amide bonds. The van der Waals surface area contributed by atoms with Crippen LogP contribution in [0, 0.1) is 0 Å². The molecule has 0 spiro atoms. The van der Waals surface area contributed by atoms with Crippen LogP contribution >= 0.6 is 0 Å². The Morgan fingerprint density at radius 2 is 1.90 bits per heavy atom. The van der Waals surface area contributed by atoms with Gasteiger partial charge < -0.3 is 10.1 Å². The Kier molecular flexibility index (Phi) is 4.50. The molecule has 0 aromatic heterocycles. The number of fused-ring (bicyclic) bond motifs is 1. The van der Waals surface area contributed by atoms with Gasteiger partial charge in [0, 0.05) is 17.8 Å². The van der Waals surface area contributed by atoms with Gasteiger partial charge in [0.05, 0.1) is 7.11 Å². The summed E-state index contributed by atoms with van der Waals surface area (Å²) in [6, 6.07) is 13.3. The van der Waals surface area contributed by atoms with E-state index in [1.165, 1.54) is 19.4 Å². The number of benzene rings is 2. The molecule has 4 heteroatoms. The summed E-state index contributed by atoms with van der Waals surface area (Å²) >= 11 is 0. The van der Waals surface area contributed by atoms with Crippen LogP contribution in [0.5, 0.6) is 0 Å². The first-order chi connectivity index (χ1) is 9.72. The summed E-state index contributed by atoms with van der Waals surface area (Å²) in [6.45, 7) is 0.0375. The van der Waals surface area contributed by atoms with Crippen molar-refractivity contribution in [2.75, 3.05) is 13.7 Å². The number of allylic oxidation sites excluding steroid dienone is 1.